The van der Waals surface area contributed by atoms with Crippen molar-refractivity contribution in [3.8, 4) is 0 Å². The first-order valence-corrected chi connectivity index (χ1v) is 12.5. The van der Waals surface area contributed by atoms with Crippen molar-refractivity contribution >= 4 is 5.91 Å². The number of amides is 1. The summed E-state index contributed by atoms with van der Waals surface area (Å²) < 4.78 is 13.6. The molecule has 0 N–H and O–H groups in total. The monoisotopic (exact) mass is 434 g/mol. The highest BCUT2D eigenvalue weighted by molar-refractivity contribution is 5.80. The number of hydrogen-bond donors (Lipinski definition) is 0. The van der Waals surface area contributed by atoms with E-state index in [1.165, 1.54) is 30.0 Å². The molecule has 170 valence electrons. The van der Waals surface area contributed by atoms with Gasteiger partial charge < -0.3 is 9.80 Å². The van der Waals surface area contributed by atoms with Gasteiger partial charge in [0.15, 0.2) is 0 Å². The smallest absolute Gasteiger partial charge is 0.226 e. The van der Waals surface area contributed by atoms with Crippen LogP contribution in [0.4, 0.5) is 4.39 Å². The summed E-state index contributed by atoms with van der Waals surface area (Å²) in [5.74, 6) is 0.960. The standard InChI is InChI=1S/C28H35FN2O/c29-25-10-5-9-24(20-25)21-12-16-30(17-13-21)18-15-27-26-11-4-3-6-22(26)14-19-31(27)28(32)23-7-1-2-8-23/h3-6,9-11,20-21,23,27H,1-2,7-8,12-19H2. The second kappa shape index (κ2) is 9.74. The molecule has 3 aliphatic rings. The lowest BCUT2D eigenvalue weighted by Gasteiger charge is -2.40. The van der Waals surface area contributed by atoms with Crippen molar-refractivity contribution in [2.24, 2.45) is 5.92 Å². The summed E-state index contributed by atoms with van der Waals surface area (Å²) >= 11 is 0. The molecule has 2 aliphatic heterocycles. The largest absolute Gasteiger partial charge is 0.335 e. The zero-order valence-corrected chi connectivity index (χ0v) is 19.0. The molecular weight excluding hydrogens is 399 g/mol. The molecule has 4 heteroatoms. The lowest BCUT2D eigenvalue weighted by atomic mass is 9.88. The van der Waals surface area contributed by atoms with E-state index in [2.05, 4.69) is 40.1 Å². The van der Waals surface area contributed by atoms with Crippen molar-refractivity contribution in [1.82, 2.24) is 9.80 Å². The molecule has 1 saturated carbocycles. The normalized spacial score (nSPS) is 22.8. The quantitative estimate of drug-likeness (QED) is 0.602. The van der Waals surface area contributed by atoms with Gasteiger partial charge in [0.05, 0.1) is 6.04 Å². The minimum absolute atomic E-state index is 0.132. The van der Waals surface area contributed by atoms with Crippen molar-refractivity contribution in [2.45, 2.75) is 63.3 Å². The molecule has 1 atom stereocenters. The third kappa shape index (κ3) is 4.61. The summed E-state index contributed by atoms with van der Waals surface area (Å²) in [5.41, 5.74) is 3.91. The first kappa shape index (κ1) is 21.6. The van der Waals surface area contributed by atoms with E-state index in [9.17, 15) is 9.18 Å². The Morgan fingerprint density at radius 2 is 1.72 bits per heavy atom. The van der Waals surface area contributed by atoms with Crippen LogP contribution in [0.1, 0.15) is 73.6 Å². The highest BCUT2D eigenvalue weighted by Crippen LogP contribution is 2.37. The Balaban J connectivity index is 1.24. The third-order valence-electron chi connectivity index (χ3n) is 8.03. The fourth-order valence-electron chi connectivity index (χ4n) is 6.19. The Morgan fingerprint density at radius 1 is 0.938 bits per heavy atom. The Bertz CT molecular complexity index is 931. The summed E-state index contributed by atoms with van der Waals surface area (Å²) in [7, 11) is 0. The molecule has 0 bridgehead atoms. The van der Waals surface area contributed by atoms with E-state index in [1.807, 2.05) is 6.07 Å². The van der Waals surface area contributed by atoms with Crippen LogP contribution in [0, 0.1) is 11.7 Å². The minimum Gasteiger partial charge on any atom is -0.335 e. The summed E-state index contributed by atoms with van der Waals surface area (Å²) in [4.78, 5) is 18.1. The molecule has 0 spiro atoms. The second-order valence-electron chi connectivity index (χ2n) is 9.94. The SMILES string of the molecule is O=C(C1CCCC1)N1CCc2ccccc2C1CCN1CCC(c2cccc(F)c2)CC1. The average molecular weight is 435 g/mol. The van der Waals surface area contributed by atoms with Crippen molar-refractivity contribution in [3.63, 3.8) is 0 Å². The van der Waals surface area contributed by atoms with Gasteiger partial charge in [-0.25, -0.2) is 4.39 Å². The van der Waals surface area contributed by atoms with Gasteiger partial charge in [0.25, 0.3) is 0 Å². The first-order chi connectivity index (χ1) is 15.7. The Morgan fingerprint density at radius 3 is 2.50 bits per heavy atom. The highest BCUT2D eigenvalue weighted by Gasteiger charge is 2.35. The van der Waals surface area contributed by atoms with Gasteiger partial charge in [0.1, 0.15) is 5.82 Å². The fraction of sp³-hybridized carbons (Fsp3) is 0.536. The van der Waals surface area contributed by atoms with Crippen molar-refractivity contribution in [3.05, 3.63) is 71.0 Å². The van der Waals surface area contributed by atoms with E-state index in [0.717, 1.165) is 70.3 Å². The van der Waals surface area contributed by atoms with Crippen molar-refractivity contribution < 1.29 is 9.18 Å². The van der Waals surface area contributed by atoms with Gasteiger partial charge in [-0.15, -0.1) is 0 Å². The van der Waals surface area contributed by atoms with Crippen LogP contribution in [0.3, 0.4) is 0 Å². The van der Waals surface area contributed by atoms with Gasteiger partial charge in [-0.05, 0) is 86.4 Å². The van der Waals surface area contributed by atoms with Gasteiger partial charge in [-0.2, -0.15) is 0 Å². The van der Waals surface area contributed by atoms with Crippen LogP contribution >= 0.6 is 0 Å². The van der Waals surface area contributed by atoms with Crippen molar-refractivity contribution in [2.75, 3.05) is 26.2 Å². The maximum Gasteiger partial charge on any atom is 0.226 e. The van der Waals surface area contributed by atoms with Gasteiger partial charge >= 0.3 is 0 Å². The number of nitrogens with zero attached hydrogens (tertiary/aromatic N) is 2. The Kier molecular flexibility index (Phi) is 6.59. The van der Waals surface area contributed by atoms with Gasteiger partial charge in [0.2, 0.25) is 5.91 Å². The minimum atomic E-state index is -0.132. The lowest BCUT2D eigenvalue weighted by molar-refractivity contribution is -0.138. The van der Waals surface area contributed by atoms with Gasteiger partial charge in [0, 0.05) is 19.0 Å². The molecule has 2 aromatic rings. The van der Waals surface area contributed by atoms with Crippen LogP contribution in [-0.2, 0) is 11.2 Å². The van der Waals surface area contributed by atoms with E-state index < -0.39 is 0 Å². The van der Waals surface area contributed by atoms with E-state index >= 15 is 0 Å². The number of fused-ring (bicyclic) bond motifs is 1. The molecule has 2 heterocycles. The third-order valence-corrected chi connectivity index (χ3v) is 8.03. The molecule has 0 radical (unpaired) electrons. The molecule has 5 rings (SSSR count). The predicted octanol–water partition coefficient (Wildman–Crippen LogP) is 5.71. The molecule has 1 saturated heterocycles. The van der Waals surface area contributed by atoms with Crippen LogP contribution in [0.15, 0.2) is 48.5 Å². The maximum absolute atomic E-state index is 13.6. The molecule has 1 aliphatic carbocycles. The van der Waals surface area contributed by atoms with E-state index in [4.69, 9.17) is 0 Å². The average Bonchev–Trinajstić information content (AvgIpc) is 3.37. The van der Waals surface area contributed by atoms with Crippen LogP contribution in [0.2, 0.25) is 0 Å². The highest BCUT2D eigenvalue weighted by atomic mass is 19.1. The second-order valence-corrected chi connectivity index (χ2v) is 9.94. The summed E-state index contributed by atoms with van der Waals surface area (Å²) in [6, 6.07) is 16.1. The fourth-order valence-corrected chi connectivity index (χ4v) is 6.19. The zero-order valence-electron chi connectivity index (χ0n) is 19.0. The molecule has 2 aromatic carbocycles. The number of likely N-dealkylation sites (tertiary alicyclic amines) is 1. The molecule has 2 fully saturated rings. The zero-order chi connectivity index (χ0) is 21.9. The number of carbonyl (C=O) groups is 1. The van der Waals surface area contributed by atoms with E-state index in [-0.39, 0.29) is 17.8 Å². The van der Waals surface area contributed by atoms with Gasteiger partial charge in [-0.1, -0.05) is 49.2 Å². The van der Waals surface area contributed by atoms with Crippen LogP contribution in [0.25, 0.3) is 0 Å². The first-order valence-electron chi connectivity index (χ1n) is 12.5. The molecule has 1 amide bonds. The van der Waals surface area contributed by atoms with Crippen LogP contribution in [-0.4, -0.2) is 41.9 Å². The number of halogens is 1. The topological polar surface area (TPSA) is 23.6 Å². The molecule has 0 aromatic heterocycles. The van der Waals surface area contributed by atoms with Crippen LogP contribution < -0.4 is 0 Å². The molecule has 32 heavy (non-hydrogen) atoms. The number of hydrogen-bond acceptors (Lipinski definition) is 2. The summed E-state index contributed by atoms with van der Waals surface area (Å²) in [5, 5.41) is 0. The Labute approximate surface area is 191 Å². The van der Waals surface area contributed by atoms with Gasteiger partial charge in [-0.3, -0.25) is 4.79 Å². The number of rotatable bonds is 5. The molecule has 3 nitrogen and oxygen atoms in total. The predicted molar refractivity (Wildman–Crippen MR) is 126 cm³/mol. The van der Waals surface area contributed by atoms with E-state index in [0.29, 0.717) is 11.8 Å². The molecule has 1 unspecified atom stereocenters. The summed E-state index contributed by atoms with van der Waals surface area (Å²) in [6.07, 6.45) is 8.67. The van der Waals surface area contributed by atoms with Crippen LogP contribution in [0.5, 0.6) is 0 Å². The number of piperidine rings is 1. The van der Waals surface area contributed by atoms with Crippen molar-refractivity contribution in [1.29, 1.82) is 0 Å². The number of benzene rings is 2. The lowest BCUT2D eigenvalue weighted by Crippen LogP contribution is -2.44. The van der Waals surface area contributed by atoms with E-state index in [1.54, 1.807) is 6.07 Å². The summed E-state index contributed by atoms with van der Waals surface area (Å²) in [6.45, 7) is 3.97. The number of carbonyl (C=O) groups excluding carboxylic acids is 1. The molecular formula is C28H35FN2O. The Hall–Kier alpha value is -2.20. The maximum atomic E-state index is 13.6.